The second-order valence-corrected chi connectivity index (χ2v) is 6.56. The third-order valence-electron chi connectivity index (χ3n) is 4.78. The van der Waals surface area contributed by atoms with Gasteiger partial charge in [0.1, 0.15) is 0 Å². The normalized spacial score (nSPS) is 24.6. The Morgan fingerprint density at radius 1 is 1.38 bits per heavy atom. The first kappa shape index (κ1) is 14.6. The Hall–Kier alpha value is -1.36. The number of carbonyl (C=O) groups is 1. The zero-order valence-electron chi connectivity index (χ0n) is 12.9. The van der Waals surface area contributed by atoms with E-state index in [1.165, 1.54) is 19.3 Å². The van der Waals surface area contributed by atoms with Crippen LogP contribution < -0.4 is 5.32 Å². The topological polar surface area (TPSA) is 64.4 Å². The molecule has 0 radical (unpaired) electrons. The second kappa shape index (κ2) is 5.79. The van der Waals surface area contributed by atoms with Crippen LogP contribution in [-0.4, -0.2) is 29.3 Å². The molecule has 0 bridgehead atoms. The van der Waals surface area contributed by atoms with E-state index in [2.05, 4.69) is 10.5 Å². The minimum Gasteiger partial charge on any atom is -0.373 e. The summed E-state index contributed by atoms with van der Waals surface area (Å²) in [6.45, 7) is 4.79. The number of hydrogen-bond acceptors (Lipinski definition) is 4. The van der Waals surface area contributed by atoms with Crippen molar-refractivity contribution in [2.24, 2.45) is 0 Å². The molecule has 5 heteroatoms. The zero-order valence-corrected chi connectivity index (χ0v) is 12.9. The maximum atomic E-state index is 12.4. The Bertz CT molecular complexity index is 503. The van der Waals surface area contributed by atoms with E-state index in [9.17, 15) is 4.79 Å². The van der Waals surface area contributed by atoms with Crippen LogP contribution in [-0.2, 0) is 4.74 Å². The van der Waals surface area contributed by atoms with Gasteiger partial charge in [-0.05, 0) is 25.2 Å². The van der Waals surface area contributed by atoms with Gasteiger partial charge < -0.3 is 14.6 Å². The lowest BCUT2D eigenvalue weighted by atomic mass is 9.79. The van der Waals surface area contributed by atoms with E-state index < -0.39 is 0 Å². The smallest absolute Gasteiger partial charge is 0.290 e. The summed E-state index contributed by atoms with van der Waals surface area (Å²) >= 11 is 0. The molecule has 1 spiro atoms. The largest absolute Gasteiger partial charge is 0.373 e. The van der Waals surface area contributed by atoms with Crippen LogP contribution in [0.4, 0.5) is 0 Å². The minimum atomic E-state index is -0.171. The molecule has 116 valence electrons. The molecule has 2 aliphatic rings. The van der Waals surface area contributed by atoms with Crippen LogP contribution >= 0.6 is 0 Å². The van der Waals surface area contributed by atoms with Crippen molar-refractivity contribution in [3.8, 4) is 0 Å². The van der Waals surface area contributed by atoms with E-state index in [1.54, 1.807) is 6.07 Å². The molecular weight excluding hydrogens is 268 g/mol. The summed E-state index contributed by atoms with van der Waals surface area (Å²) in [4.78, 5) is 12.4. The Kier molecular flexibility index (Phi) is 4.02. The lowest BCUT2D eigenvalue weighted by molar-refractivity contribution is -0.0376. The summed E-state index contributed by atoms with van der Waals surface area (Å²) in [5, 5.41) is 7.06. The number of carbonyl (C=O) groups excluding carboxylic acids is 1. The van der Waals surface area contributed by atoms with E-state index in [0.29, 0.717) is 5.76 Å². The van der Waals surface area contributed by atoms with Crippen molar-refractivity contribution in [3.63, 3.8) is 0 Å². The number of nitrogens with zero attached hydrogens (tertiary/aromatic N) is 1. The van der Waals surface area contributed by atoms with Gasteiger partial charge in [0, 0.05) is 12.7 Å². The van der Waals surface area contributed by atoms with Crippen LogP contribution in [0.5, 0.6) is 0 Å². The number of ether oxygens (including phenoxy) is 1. The Morgan fingerprint density at radius 3 is 2.81 bits per heavy atom. The summed E-state index contributed by atoms with van der Waals surface area (Å²) in [5.74, 6) is 0.390. The van der Waals surface area contributed by atoms with Crippen LogP contribution in [0, 0.1) is 0 Å². The molecule has 1 saturated heterocycles. The summed E-state index contributed by atoms with van der Waals surface area (Å²) in [7, 11) is 0. The zero-order chi connectivity index (χ0) is 14.9. The number of rotatable bonds is 3. The van der Waals surface area contributed by atoms with Crippen molar-refractivity contribution in [3.05, 3.63) is 17.5 Å². The van der Waals surface area contributed by atoms with Gasteiger partial charge in [0.25, 0.3) is 5.91 Å². The third kappa shape index (κ3) is 2.84. The molecule has 21 heavy (non-hydrogen) atoms. The molecule has 3 rings (SSSR count). The molecule has 1 amide bonds. The predicted molar refractivity (Wildman–Crippen MR) is 78.2 cm³/mol. The van der Waals surface area contributed by atoms with Crippen molar-refractivity contribution >= 4 is 5.91 Å². The highest BCUT2D eigenvalue weighted by atomic mass is 16.5. The number of amides is 1. The fraction of sp³-hybridized carbons (Fsp3) is 0.750. The Labute approximate surface area is 125 Å². The van der Waals surface area contributed by atoms with Crippen LogP contribution in [0.25, 0.3) is 0 Å². The molecule has 1 N–H and O–H groups in total. The fourth-order valence-corrected chi connectivity index (χ4v) is 3.49. The van der Waals surface area contributed by atoms with Crippen LogP contribution in [0.2, 0.25) is 0 Å². The SMILES string of the molecule is CC(C)c1cc(C(=O)NC2CCOC23CCCCC3)on1. The van der Waals surface area contributed by atoms with Gasteiger partial charge in [0.15, 0.2) is 0 Å². The molecule has 1 atom stereocenters. The first-order chi connectivity index (χ1) is 10.1. The number of aromatic nitrogens is 1. The van der Waals surface area contributed by atoms with Gasteiger partial charge in [-0.1, -0.05) is 38.3 Å². The summed E-state index contributed by atoms with van der Waals surface area (Å²) in [5.41, 5.74) is 0.671. The molecule has 0 aromatic carbocycles. The average Bonchev–Trinajstić information content (AvgIpc) is 3.09. The molecule has 1 saturated carbocycles. The van der Waals surface area contributed by atoms with Gasteiger partial charge in [-0.3, -0.25) is 4.79 Å². The average molecular weight is 292 g/mol. The standard InChI is InChI=1S/C16H24N2O3/c1-11(2)12-10-13(21-18-12)15(19)17-14-6-9-20-16(14)7-4-3-5-8-16/h10-11,14H,3-9H2,1-2H3,(H,17,19). The van der Waals surface area contributed by atoms with Crippen LogP contribution in [0.1, 0.15) is 74.5 Å². The highest BCUT2D eigenvalue weighted by molar-refractivity contribution is 5.91. The highest BCUT2D eigenvalue weighted by Crippen LogP contribution is 2.39. The lowest BCUT2D eigenvalue weighted by Crippen LogP contribution is -2.50. The van der Waals surface area contributed by atoms with Gasteiger partial charge in [-0.15, -0.1) is 0 Å². The van der Waals surface area contributed by atoms with Crippen molar-refractivity contribution in [2.45, 2.75) is 69.9 Å². The van der Waals surface area contributed by atoms with Crippen LogP contribution in [0.3, 0.4) is 0 Å². The Morgan fingerprint density at radius 2 is 2.14 bits per heavy atom. The molecule has 2 heterocycles. The molecular formula is C16H24N2O3. The fourth-order valence-electron chi connectivity index (χ4n) is 3.49. The molecule has 1 aliphatic heterocycles. The van der Waals surface area contributed by atoms with Crippen molar-refractivity contribution in [1.29, 1.82) is 0 Å². The monoisotopic (exact) mass is 292 g/mol. The van der Waals surface area contributed by atoms with Gasteiger partial charge in [-0.2, -0.15) is 0 Å². The van der Waals surface area contributed by atoms with E-state index in [0.717, 1.165) is 31.6 Å². The Balaban J connectivity index is 1.68. The summed E-state index contributed by atoms with van der Waals surface area (Å²) < 4.78 is 11.2. The summed E-state index contributed by atoms with van der Waals surface area (Å²) in [6.07, 6.45) is 6.62. The number of hydrogen-bond donors (Lipinski definition) is 1. The predicted octanol–water partition coefficient (Wildman–Crippen LogP) is 3.02. The van der Waals surface area contributed by atoms with Crippen molar-refractivity contribution < 1.29 is 14.1 Å². The van der Waals surface area contributed by atoms with Crippen molar-refractivity contribution in [1.82, 2.24) is 10.5 Å². The van der Waals surface area contributed by atoms with E-state index in [1.807, 2.05) is 13.8 Å². The first-order valence-corrected chi connectivity index (χ1v) is 8.02. The van der Waals surface area contributed by atoms with Crippen LogP contribution in [0.15, 0.2) is 10.6 Å². The van der Waals surface area contributed by atoms with E-state index in [-0.39, 0.29) is 23.5 Å². The van der Waals surface area contributed by atoms with E-state index >= 15 is 0 Å². The van der Waals surface area contributed by atoms with E-state index in [4.69, 9.17) is 9.26 Å². The van der Waals surface area contributed by atoms with Crippen molar-refractivity contribution in [2.75, 3.05) is 6.61 Å². The highest BCUT2D eigenvalue weighted by Gasteiger charge is 2.45. The van der Waals surface area contributed by atoms with Gasteiger partial charge in [0.2, 0.25) is 5.76 Å². The maximum absolute atomic E-state index is 12.4. The first-order valence-electron chi connectivity index (χ1n) is 8.02. The minimum absolute atomic E-state index is 0.0953. The molecule has 5 nitrogen and oxygen atoms in total. The maximum Gasteiger partial charge on any atom is 0.290 e. The van der Waals surface area contributed by atoms with Gasteiger partial charge in [-0.25, -0.2) is 0 Å². The molecule has 2 fully saturated rings. The molecule has 1 unspecified atom stereocenters. The molecule has 1 aromatic rings. The quantitative estimate of drug-likeness (QED) is 0.930. The molecule has 1 aromatic heterocycles. The lowest BCUT2D eigenvalue weighted by Gasteiger charge is -2.37. The second-order valence-electron chi connectivity index (χ2n) is 6.56. The number of nitrogens with one attached hydrogen (secondary N) is 1. The van der Waals surface area contributed by atoms with Gasteiger partial charge >= 0.3 is 0 Å². The van der Waals surface area contributed by atoms with Gasteiger partial charge in [0.05, 0.1) is 17.3 Å². The third-order valence-corrected chi connectivity index (χ3v) is 4.78. The molecule has 1 aliphatic carbocycles. The summed E-state index contributed by atoms with van der Waals surface area (Å²) in [6, 6.07) is 1.83.